The lowest BCUT2D eigenvalue weighted by Gasteiger charge is -2.41. The van der Waals surface area contributed by atoms with E-state index in [1.807, 2.05) is 60.7 Å². The van der Waals surface area contributed by atoms with E-state index in [9.17, 15) is 14.4 Å². The number of fused-ring (bicyclic) bond motifs is 1. The maximum absolute atomic E-state index is 14.3. The molecule has 1 aromatic heterocycles. The van der Waals surface area contributed by atoms with E-state index in [1.165, 1.54) is 13.0 Å². The number of esters is 1. The van der Waals surface area contributed by atoms with Crippen molar-refractivity contribution >= 4 is 28.9 Å². The van der Waals surface area contributed by atoms with Gasteiger partial charge in [-0.3, -0.25) is 9.59 Å². The van der Waals surface area contributed by atoms with Gasteiger partial charge in [0.25, 0.3) is 0 Å². The Balaban J connectivity index is 1.52. The Morgan fingerprint density at radius 3 is 2.40 bits per heavy atom. The molecule has 216 valence electrons. The molecule has 3 aromatic carbocycles. The van der Waals surface area contributed by atoms with E-state index < -0.39 is 24.1 Å². The number of hydrogen-bond acceptors (Lipinski definition) is 5. The van der Waals surface area contributed by atoms with Crippen LogP contribution >= 0.6 is 0 Å². The van der Waals surface area contributed by atoms with Gasteiger partial charge in [-0.15, -0.1) is 0 Å². The van der Waals surface area contributed by atoms with Crippen molar-refractivity contribution in [2.75, 3.05) is 19.8 Å². The summed E-state index contributed by atoms with van der Waals surface area (Å²) in [7, 11) is 0. The summed E-state index contributed by atoms with van der Waals surface area (Å²) in [5, 5.41) is 3.89. The van der Waals surface area contributed by atoms with Crippen LogP contribution in [0.4, 0.5) is 4.79 Å². The number of likely N-dealkylation sites (tertiary alicyclic amines) is 1. The summed E-state index contributed by atoms with van der Waals surface area (Å²) >= 11 is 0. The van der Waals surface area contributed by atoms with Gasteiger partial charge >= 0.3 is 12.1 Å². The summed E-state index contributed by atoms with van der Waals surface area (Å²) in [5.41, 5.74) is 4.04. The number of carbonyl (C=O) groups is 3. The van der Waals surface area contributed by atoms with Gasteiger partial charge in [0.2, 0.25) is 5.91 Å². The number of rotatable bonds is 10. The summed E-state index contributed by atoms with van der Waals surface area (Å²) in [6.45, 7) is 6.09. The number of alkyl carbamates (subject to hydrolysis) is 1. The Bertz CT molecular complexity index is 1550. The third kappa shape index (κ3) is 6.38. The van der Waals surface area contributed by atoms with Gasteiger partial charge in [-0.05, 0) is 29.2 Å². The van der Waals surface area contributed by atoms with Crippen molar-refractivity contribution in [3.05, 3.63) is 120 Å². The molecule has 1 aliphatic rings. The molecule has 8 nitrogen and oxygen atoms in total. The van der Waals surface area contributed by atoms with E-state index in [0.717, 1.165) is 27.6 Å². The van der Waals surface area contributed by atoms with Crippen LogP contribution in [0.5, 0.6) is 0 Å². The predicted molar refractivity (Wildman–Crippen MR) is 161 cm³/mol. The normalized spacial score (nSPS) is 17.5. The molecule has 2 amide bonds. The Kier molecular flexibility index (Phi) is 9.02. The number of carbonyl (C=O) groups excluding carboxylic acids is 3. The highest BCUT2D eigenvalue weighted by Crippen LogP contribution is 2.38. The first-order valence-corrected chi connectivity index (χ1v) is 14.1. The molecule has 1 aliphatic heterocycles. The SMILES string of the molecule is C=CCOC(=O)N[C@H]1C(=O)N([C@@H](COC(C)=O)c2ccccc2)CC[C@@H]1c1cn(Cc2ccccc2)c2ccccc12. The van der Waals surface area contributed by atoms with Gasteiger partial charge in [0, 0.05) is 43.0 Å². The highest BCUT2D eigenvalue weighted by molar-refractivity contribution is 5.91. The van der Waals surface area contributed by atoms with Crippen molar-refractivity contribution < 1.29 is 23.9 Å². The van der Waals surface area contributed by atoms with Crippen molar-refractivity contribution in [1.82, 2.24) is 14.8 Å². The molecule has 0 bridgehead atoms. The van der Waals surface area contributed by atoms with Crippen LogP contribution < -0.4 is 5.32 Å². The van der Waals surface area contributed by atoms with Crippen molar-refractivity contribution in [2.45, 2.75) is 37.9 Å². The van der Waals surface area contributed by atoms with Gasteiger partial charge in [0.1, 0.15) is 19.3 Å². The van der Waals surface area contributed by atoms with Crippen LogP contribution in [-0.2, 0) is 25.6 Å². The minimum atomic E-state index is -0.893. The molecule has 1 saturated heterocycles. The fourth-order valence-electron chi connectivity index (χ4n) is 5.74. The molecule has 0 radical (unpaired) electrons. The van der Waals surface area contributed by atoms with Gasteiger partial charge < -0.3 is 24.3 Å². The number of para-hydroxylation sites is 1. The fraction of sp³-hybridized carbons (Fsp3) is 0.265. The third-order valence-corrected chi connectivity index (χ3v) is 7.66. The molecular weight excluding hydrogens is 530 g/mol. The van der Waals surface area contributed by atoms with Crippen molar-refractivity contribution in [3.8, 4) is 0 Å². The van der Waals surface area contributed by atoms with Crippen LogP contribution in [-0.4, -0.2) is 53.2 Å². The quantitative estimate of drug-likeness (QED) is 0.200. The summed E-state index contributed by atoms with van der Waals surface area (Å²) in [4.78, 5) is 40.6. The highest BCUT2D eigenvalue weighted by atomic mass is 16.5. The molecule has 3 atom stereocenters. The molecule has 0 unspecified atom stereocenters. The Hall–Kier alpha value is -4.85. The number of ether oxygens (including phenoxy) is 2. The Morgan fingerprint density at radius 1 is 1.00 bits per heavy atom. The van der Waals surface area contributed by atoms with Crippen molar-refractivity contribution in [3.63, 3.8) is 0 Å². The lowest BCUT2D eigenvalue weighted by molar-refractivity contribution is -0.149. The van der Waals surface area contributed by atoms with Crippen molar-refractivity contribution in [2.24, 2.45) is 0 Å². The highest BCUT2D eigenvalue weighted by Gasteiger charge is 2.42. The zero-order valence-electron chi connectivity index (χ0n) is 23.6. The third-order valence-electron chi connectivity index (χ3n) is 7.66. The average molecular weight is 566 g/mol. The molecule has 0 spiro atoms. The fourth-order valence-corrected chi connectivity index (χ4v) is 5.74. The van der Waals surface area contributed by atoms with E-state index in [2.05, 4.69) is 46.9 Å². The van der Waals surface area contributed by atoms with Crippen molar-refractivity contribution in [1.29, 1.82) is 0 Å². The largest absolute Gasteiger partial charge is 0.463 e. The van der Waals surface area contributed by atoms with Crippen LogP contribution in [0.2, 0.25) is 0 Å². The van der Waals surface area contributed by atoms with E-state index in [0.29, 0.717) is 19.5 Å². The van der Waals surface area contributed by atoms with Crippen LogP contribution in [0.3, 0.4) is 0 Å². The van der Waals surface area contributed by atoms with E-state index in [4.69, 9.17) is 9.47 Å². The zero-order chi connectivity index (χ0) is 29.5. The second-order valence-electron chi connectivity index (χ2n) is 10.4. The Morgan fingerprint density at radius 2 is 1.69 bits per heavy atom. The second kappa shape index (κ2) is 13.2. The molecule has 2 heterocycles. The standard InChI is InChI=1S/C34H35N3O5/c1-3-20-41-34(40)35-32-28(18-19-37(33(32)39)31(23-42-24(2)38)26-14-8-5-9-15-26)29-22-36(21-25-12-6-4-7-13-25)30-17-11-10-16-27(29)30/h3-17,22,28,31-32H,1,18-21,23H2,2H3,(H,35,40)/t28-,31+,32-/m1/s1. The molecule has 42 heavy (non-hydrogen) atoms. The summed E-state index contributed by atoms with van der Waals surface area (Å²) in [5.74, 6) is -0.994. The molecule has 1 N–H and O–H groups in total. The number of nitrogens with one attached hydrogen (secondary N) is 1. The minimum Gasteiger partial charge on any atom is -0.463 e. The molecule has 4 aromatic rings. The molecule has 1 fully saturated rings. The van der Waals surface area contributed by atoms with Gasteiger partial charge in [0.05, 0.1) is 6.04 Å². The molecule has 0 aliphatic carbocycles. The maximum Gasteiger partial charge on any atom is 0.408 e. The number of aromatic nitrogens is 1. The minimum absolute atomic E-state index is 0.0137. The van der Waals surface area contributed by atoms with Crippen LogP contribution in [0, 0.1) is 0 Å². The topological polar surface area (TPSA) is 89.9 Å². The van der Waals surface area contributed by atoms with Crippen LogP contribution in [0.15, 0.2) is 104 Å². The predicted octanol–water partition coefficient (Wildman–Crippen LogP) is 5.59. The average Bonchev–Trinajstić information content (AvgIpc) is 3.36. The lowest BCUT2D eigenvalue weighted by Crippen LogP contribution is -2.57. The first-order valence-electron chi connectivity index (χ1n) is 14.1. The van der Waals surface area contributed by atoms with Crippen LogP contribution in [0.25, 0.3) is 10.9 Å². The summed E-state index contributed by atoms with van der Waals surface area (Å²) < 4.78 is 12.8. The lowest BCUT2D eigenvalue weighted by atomic mass is 9.83. The zero-order valence-corrected chi connectivity index (χ0v) is 23.6. The van der Waals surface area contributed by atoms with Gasteiger partial charge in [-0.1, -0.05) is 91.5 Å². The molecule has 0 saturated carbocycles. The number of benzene rings is 3. The molecular formula is C34H35N3O5. The smallest absolute Gasteiger partial charge is 0.408 e. The monoisotopic (exact) mass is 565 g/mol. The first kappa shape index (κ1) is 28.7. The maximum atomic E-state index is 14.3. The number of hydrogen-bond donors (Lipinski definition) is 1. The molecule has 8 heteroatoms. The van der Waals surface area contributed by atoms with E-state index in [1.54, 1.807) is 4.90 Å². The number of nitrogens with zero attached hydrogens (tertiary/aromatic N) is 2. The summed E-state index contributed by atoms with van der Waals surface area (Å²) in [6.07, 6.45) is 3.47. The first-order chi connectivity index (χ1) is 20.5. The second-order valence-corrected chi connectivity index (χ2v) is 10.4. The van der Waals surface area contributed by atoms with Crippen LogP contribution in [0.1, 0.15) is 42.0 Å². The van der Waals surface area contributed by atoms with E-state index >= 15 is 0 Å². The van der Waals surface area contributed by atoms with Gasteiger partial charge in [0.15, 0.2) is 0 Å². The van der Waals surface area contributed by atoms with Gasteiger partial charge in [-0.2, -0.15) is 0 Å². The summed E-state index contributed by atoms with van der Waals surface area (Å²) in [6, 6.07) is 26.4. The Labute approximate surface area is 245 Å². The van der Waals surface area contributed by atoms with Gasteiger partial charge in [-0.25, -0.2) is 4.79 Å². The van der Waals surface area contributed by atoms with E-state index in [-0.39, 0.29) is 25.0 Å². The number of piperidine rings is 1. The number of amides is 2. The molecule has 5 rings (SSSR count).